The highest BCUT2D eigenvalue weighted by atomic mass is 35.5. The fourth-order valence-corrected chi connectivity index (χ4v) is 0.647. The Morgan fingerprint density at radius 2 is 1.70 bits per heavy atom. The van der Waals surface area contributed by atoms with Crippen molar-refractivity contribution in [1.29, 1.82) is 0 Å². The zero-order valence-corrected chi connectivity index (χ0v) is 7.00. The zero-order chi connectivity index (χ0) is 7.44. The van der Waals surface area contributed by atoms with E-state index in [2.05, 4.69) is 0 Å². The predicted molar refractivity (Wildman–Crippen MR) is 40.7 cm³/mol. The van der Waals surface area contributed by atoms with E-state index < -0.39 is 12.5 Å². The van der Waals surface area contributed by atoms with Gasteiger partial charge in [0.15, 0.2) is 0 Å². The quantitative estimate of drug-likeness (QED) is 0.695. The number of halogens is 3. The van der Waals surface area contributed by atoms with E-state index in [0.29, 0.717) is 6.42 Å². The minimum Gasteiger partial charge on any atom is -0.323 e. The minimum atomic E-state index is -2.37. The Morgan fingerprint density at radius 3 is 1.80 bits per heavy atom. The Morgan fingerprint density at radius 1 is 1.30 bits per heavy atom. The molecule has 1 atom stereocenters. The third-order valence-corrected chi connectivity index (χ3v) is 1.07. The number of hydrogen-bond acceptors (Lipinski definition) is 1. The smallest absolute Gasteiger partial charge is 0.253 e. The van der Waals surface area contributed by atoms with Gasteiger partial charge in [0.1, 0.15) is 0 Å². The molecule has 0 aromatic heterocycles. The van der Waals surface area contributed by atoms with Gasteiger partial charge in [-0.25, -0.2) is 8.78 Å². The van der Waals surface area contributed by atoms with E-state index >= 15 is 0 Å². The molecule has 0 saturated heterocycles. The first kappa shape index (κ1) is 12.8. The van der Waals surface area contributed by atoms with Crippen LogP contribution in [-0.2, 0) is 0 Å². The van der Waals surface area contributed by atoms with Gasteiger partial charge in [0.25, 0.3) is 6.43 Å². The van der Waals surface area contributed by atoms with Crippen LogP contribution in [0.25, 0.3) is 0 Å². The van der Waals surface area contributed by atoms with E-state index in [1.165, 1.54) is 0 Å². The van der Waals surface area contributed by atoms with E-state index in [4.69, 9.17) is 5.73 Å². The monoisotopic (exact) mass is 173 g/mol. The standard InChI is InChI=1S/C6H13F2N.ClH/c1-4(2)3-5(9)6(7)8;/h4-6H,3,9H2,1-2H3;1H/t5-;/m1./s1. The first-order chi connectivity index (χ1) is 4.04. The summed E-state index contributed by atoms with van der Waals surface area (Å²) in [5.41, 5.74) is 5.07. The lowest BCUT2D eigenvalue weighted by atomic mass is 10.1. The van der Waals surface area contributed by atoms with Gasteiger partial charge in [-0.15, -0.1) is 12.4 Å². The summed E-state index contributed by atoms with van der Waals surface area (Å²) in [6.07, 6.45) is -1.97. The molecule has 0 saturated carbocycles. The molecule has 0 amide bonds. The van der Waals surface area contributed by atoms with Crippen molar-refractivity contribution in [2.75, 3.05) is 0 Å². The molecule has 0 rings (SSSR count). The molecule has 0 bridgehead atoms. The lowest BCUT2D eigenvalue weighted by Crippen LogP contribution is -2.29. The summed E-state index contributed by atoms with van der Waals surface area (Å²) >= 11 is 0. The molecule has 10 heavy (non-hydrogen) atoms. The molecule has 0 unspecified atom stereocenters. The van der Waals surface area contributed by atoms with Crippen molar-refractivity contribution >= 4 is 12.4 Å². The molecule has 0 aliphatic heterocycles. The Balaban J connectivity index is 0. The molecule has 0 spiro atoms. The average Bonchev–Trinajstić information content (AvgIpc) is 1.63. The van der Waals surface area contributed by atoms with Crippen molar-refractivity contribution in [3.63, 3.8) is 0 Å². The molecule has 4 heteroatoms. The fourth-order valence-electron chi connectivity index (χ4n) is 0.647. The molecular formula is C6H14ClF2N. The third-order valence-electron chi connectivity index (χ3n) is 1.07. The van der Waals surface area contributed by atoms with E-state index in [1.807, 2.05) is 13.8 Å². The Hall–Kier alpha value is 0.110. The lowest BCUT2D eigenvalue weighted by molar-refractivity contribution is 0.106. The molecule has 0 aromatic carbocycles. The molecule has 0 fully saturated rings. The summed E-state index contributed by atoms with van der Waals surface area (Å²) in [6, 6.07) is -0.940. The molecule has 0 radical (unpaired) electrons. The average molecular weight is 174 g/mol. The molecule has 0 heterocycles. The van der Waals surface area contributed by atoms with Gasteiger partial charge in [-0.1, -0.05) is 13.8 Å². The fraction of sp³-hybridized carbons (Fsp3) is 1.00. The maximum absolute atomic E-state index is 11.7. The summed E-state index contributed by atoms with van der Waals surface area (Å²) < 4.78 is 23.3. The summed E-state index contributed by atoms with van der Waals surface area (Å²) in [6.45, 7) is 3.75. The van der Waals surface area contributed by atoms with Crippen molar-refractivity contribution in [2.24, 2.45) is 11.7 Å². The molecule has 0 aromatic rings. The summed E-state index contributed by atoms with van der Waals surface area (Å²) in [5, 5.41) is 0. The predicted octanol–water partition coefficient (Wildman–Crippen LogP) is 2.05. The molecule has 2 N–H and O–H groups in total. The van der Waals surface area contributed by atoms with Crippen LogP contribution in [0.4, 0.5) is 8.78 Å². The number of alkyl halides is 2. The second-order valence-electron chi connectivity index (χ2n) is 2.63. The summed E-state index contributed by atoms with van der Waals surface area (Å²) in [4.78, 5) is 0. The van der Waals surface area contributed by atoms with E-state index in [-0.39, 0.29) is 18.3 Å². The van der Waals surface area contributed by atoms with Gasteiger partial charge in [0.05, 0.1) is 6.04 Å². The van der Waals surface area contributed by atoms with Crippen LogP contribution in [-0.4, -0.2) is 12.5 Å². The van der Waals surface area contributed by atoms with E-state index in [0.717, 1.165) is 0 Å². The van der Waals surface area contributed by atoms with Crippen molar-refractivity contribution in [2.45, 2.75) is 32.7 Å². The number of hydrogen-bond donors (Lipinski definition) is 1. The second-order valence-corrected chi connectivity index (χ2v) is 2.63. The van der Waals surface area contributed by atoms with Gasteiger partial charge < -0.3 is 5.73 Å². The first-order valence-electron chi connectivity index (χ1n) is 3.07. The van der Waals surface area contributed by atoms with Crippen molar-refractivity contribution < 1.29 is 8.78 Å². The Labute approximate surface area is 66.4 Å². The van der Waals surface area contributed by atoms with Crippen LogP contribution in [0.5, 0.6) is 0 Å². The summed E-state index contributed by atoms with van der Waals surface area (Å²) in [5.74, 6) is 0.258. The topological polar surface area (TPSA) is 26.0 Å². The highest BCUT2D eigenvalue weighted by Crippen LogP contribution is 2.08. The number of nitrogens with two attached hydrogens (primary N) is 1. The molecular weight excluding hydrogens is 160 g/mol. The van der Waals surface area contributed by atoms with Gasteiger partial charge in [-0.05, 0) is 12.3 Å². The van der Waals surface area contributed by atoms with Gasteiger partial charge in [-0.2, -0.15) is 0 Å². The SMILES string of the molecule is CC(C)C[C@@H](N)C(F)F.Cl. The van der Waals surface area contributed by atoms with Crippen LogP contribution in [0.3, 0.4) is 0 Å². The molecule has 1 nitrogen and oxygen atoms in total. The van der Waals surface area contributed by atoms with Crippen LogP contribution < -0.4 is 5.73 Å². The lowest BCUT2D eigenvalue weighted by Gasteiger charge is -2.11. The van der Waals surface area contributed by atoms with Crippen molar-refractivity contribution in [3.05, 3.63) is 0 Å². The van der Waals surface area contributed by atoms with Crippen LogP contribution >= 0.6 is 12.4 Å². The Bertz CT molecular complexity index is 78.1. The highest BCUT2D eigenvalue weighted by Gasteiger charge is 2.15. The van der Waals surface area contributed by atoms with Crippen molar-refractivity contribution in [1.82, 2.24) is 0 Å². The number of rotatable bonds is 3. The summed E-state index contributed by atoms with van der Waals surface area (Å²) in [7, 11) is 0. The largest absolute Gasteiger partial charge is 0.323 e. The second kappa shape index (κ2) is 5.86. The van der Waals surface area contributed by atoms with Crippen LogP contribution in [0.2, 0.25) is 0 Å². The van der Waals surface area contributed by atoms with Gasteiger partial charge in [0.2, 0.25) is 0 Å². The normalized spacial score (nSPS) is 13.5. The van der Waals surface area contributed by atoms with Crippen molar-refractivity contribution in [3.8, 4) is 0 Å². The maximum atomic E-state index is 11.7. The van der Waals surface area contributed by atoms with E-state index in [1.54, 1.807) is 0 Å². The minimum absolute atomic E-state index is 0. The third kappa shape index (κ3) is 6.23. The molecule has 0 aliphatic carbocycles. The molecule has 64 valence electrons. The Kier molecular flexibility index (Phi) is 7.48. The van der Waals surface area contributed by atoms with Gasteiger partial charge >= 0.3 is 0 Å². The van der Waals surface area contributed by atoms with Crippen LogP contribution in [0.1, 0.15) is 20.3 Å². The first-order valence-corrected chi connectivity index (χ1v) is 3.07. The zero-order valence-electron chi connectivity index (χ0n) is 6.18. The molecule has 0 aliphatic rings. The van der Waals surface area contributed by atoms with Gasteiger partial charge in [-0.3, -0.25) is 0 Å². The highest BCUT2D eigenvalue weighted by molar-refractivity contribution is 5.85. The van der Waals surface area contributed by atoms with Gasteiger partial charge in [0, 0.05) is 0 Å². The van der Waals surface area contributed by atoms with E-state index in [9.17, 15) is 8.78 Å². The maximum Gasteiger partial charge on any atom is 0.253 e. The van der Waals surface area contributed by atoms with Crippen LogP contribution in [0.15, 0.2) is 0 Å². The van der Waals surface area contributed by atoms with Crippen LogP contribution in [0, 0.1) is 5.92 Å².